The van der Waals surface area contributed by atoms with Gasteiger partial charge in [-0.3, -0.25) is 14.6 Å². The number of hydrogen-bond acceptors (Lipinski definition) is 4. The predicted octanol–water partition coefficient (Wildman–Crippen LogP) is 2.54. The zero-order valence-corrected chi connectivity index (χ0v) is 19.6. The number of nitrogens with one attached hydrogen (secondary N) is 2. The maximum Gasteiger partial charge on any atom is 0.305 e. The minimum absolute atomic E-state index is 0. The van der Waals surface area contributed by atoms with Crippen molar-refractivity contribution in [3.05, 3.63) is 0 Å². The van der Waals surface area contributed by atoms with E-state index in [4.69, 9.17) is 4.74 Å². The van der Waals surface area contributed by atoms with Gasteiger partial charge in [-0.05, 0) is 26.2 Å². The van der Waals surface area contributed by atoms with Crippen LogP contribution in [0.3, 0.4) is 0 Å². The molecule has 0 aromatic heterocycles. The molecule has 1 aliphatic heterocycles. The van der Waals surface area contributed by atoms with Crippen LogP contribution in [0, 0.1) is 5.92 Å². The van der Waals surface area contributed by atoms with Crippen LogP contribution in [0.5, 0.6) is 0 Å². The highest BCUT2D eigenvalue weighted by atomic mass is 127. The molecule has 1 saturated heterocycles. The van der Waals surface area contributed by atoms with Crippen LogP contribution in [0.2, 0.25) is 0 Å². The maximum atomic E-state index is 12.0. The number of halogens is 1. The lowest BCUT2D eigenvalue weighted by atomic mass is 10.1. The number of likely N-dealkylation sites (tertiary alicyclic amines) is 1. The molecule has 2 N–H and O–H groups in total. The number of esters is 1. The van der Waals surface area contributed by atoms with Crippen LogP contribution in [-0.4, -0.2) is 62.1 Å². The molecule has 7 nitrogen and oxygen atoms in total. The normalized spacial score (nSPS) is 16.9. The van der Waals surface area contributed by atoms with Crippen molar-refractivity contribution in [3.63, 3.8) is 0 Å². The van der Waals surface area contributed by atoms with Crippen molar-refractivity contribution in [2.24, 2.45) is 10.9 Å². The Balaban J connectivity index is 0.00000676. The quantitative estimate of drug-likeness (QED) is 0.160. The highest BCUT2D eigenvalue weighted by Crippen LogP contribution is 2.12. The first-order chi connectivity index (χ1) is 12.5. The van der Waals surface area contributed by atoms with E-state index in [1.165, 1.54) is 0 Å². The summed E-state index contributed by atoms with van der Waals surface area (Å²) in [6, 6.07) is 0.258. The molecule has 1 heterocycles. The largest absolute Gasteiger partial charge is 0.466 e. The van der Waals surface area contributed by atoms with Crippen LogP contribution in [0.1, 0.15) is 59.3 Å². The number of unbranched alkanes of at least 4 members (excludes halogenated alkanes) is 3. The highest BCUT2D eigenvalue weighted by molar-refractivity contribution is 14.0. The Bertz CT molecular complexity index is 472. The molecule has 8 heteroatoms. The molecule has 0 aromatic rings. The highest BCUT2D eigenvalue weighted by Gasteiger charge is 2.27. The molecule has 1 aliphatic rings. The van der Waals surface area contributed by atoms with Gasteiger partial charge in [-0.15, -0.1) is 24.0 Å². The van der Waals surface area contributed by atoms with Crippen LogP contribution < -0.4 is 10.6 Å². The number of ether oxygens (including phenoxy) is 1. The Labute approximate surface area is 181 Å². The summed E-state index contributed by atoms with van der Waals surface area (Å²) in [7, 11) is 1.76. The van der Waals surface area contributed by atoms with E-state index in [2.05, 4.69) is 15.6 Å². The number of nitrogens with zero attached hydrogens (tertiary/aromatic N) is 2. The van der Waals surface area contributed by atoms with Crippen LogP contribution in [0.4, 0.5) is 0 Å². The van der Waals surface area contributed by atoms with Gasteiger partial charge in [0.25, 0.3) is 0 Å². The van der Waals surface area contributed by atoms with Crippen molar-refractivity contribution in [1.82, 2.24) is 15.5 Å². The molecule has 158 valence electrons. The lowest BCUT2D eigenvalue weighted by Crippen LogP contribution is -2.45. The summed E-state index contributed by atoms with van der Waals surface area (Å²) < 4.78 is 4.91. The first kappa shape index (κ1) is 25.9. The molecule has 1 amide bonds. The van der Waals surface area contributed by atoms with Gasteiger partial charge < -0.3 is 20.3 Å². The fourth-order valence-electron chi connectivity index (χ4n) is 3.02. The van der Waals surface area contributed by atoms with Gasteiger partial charge in [-0.25, -0.2) is 0 Å². The monoisotopic (exact) mass is 496 g/mol. The molecule has 0 aromatic carbocycles. The van der Waals surface area contributed by atoms with Crippen molar-refractivity contribution < 1.29 is 14.3 Å². The molecule has 0 aliphatic carbocycles. The lowest BCUT2D eigenvalue weighted by Gasteiger charge is -2.20. The second kappa shape index (κ2) is 14.9. The van der Waals surface area contributed by atoms with Crippen molar-refractivity contribution in [1.29, 1.82) is 0 Å². The molecule has 1 fully saturated rings. The zero-order valence-electron chi connectivity index (χ0n) is 17.3. The number of amides is 1. The zero-order chi connectivity index (χ0) is 19.4. The Morgan fingerprint density at radius 3 is 2.56 bits per heavy atom. The second-order valence-electron chi connectivity index (χ2n) is 7.04. The fourth-order valence-corrected chi connectivity index (χ4v) is 3.02. The van der Waals surface area contributed by atoms with Gasteiger partial charge in [0.1, 0.15) is 0 Å². The van der Waals surface area contributed by atoms with Gasteiger partial charge >= 0.3 is 5.97 Å². The number of guanidine groups is 1. The Morgan fingerprint density at radius 2 is 1.93 bits per heavy atom. The summed E-state index contributed by atoms with van der Waals surface area (Å²) >= 11 is 0. The van der Waals surface area contributed by atoms with Gasteiger partial charge in [-0.2, -0.15) is 0 Å². The van der Waals surface area contributed by atoms with E-state index in [0.717, 1.165) is 57.7 Å². The standard InChI is InChI=1S/C19H36N4O3.HI/c1-5-26-17(24)10-8-6-7-9-12-21-19(20-4)22-16-11-13-23(14-16)18(25)15(2)3;/h15-16H,5-14H2,1-4H3,(H2,20,21,22);1H. The van der Waals surface area contributed by atoms with Gasteiger partial charge in [0, 0.05) is 45.1 Å². The van der Waals surface area contributed by atoms with Crippen LogP contribution in [0.15, 0.2) is 4.99 Å². The van der Waals surface area contributed by atoms with Gasteiger partial charge in [0.05, 0.1) is 6.61 Å². The molecule has 0 radical (unpaired) electrons. The van der Waals surface area contributed by atoms with E-state index in [1.54, 1.807) is 7.05 Å². The van der Waals surface area contributed by atoms with E-state index in [0.29, 0.717) is 13.0 Å². The van der Waals surface area contributed by atoms with E-state index in [-0.39, 0.29) is 47.8 Å². The van der Waals surface area contributed by atoms with Crippen molar-refractivity contribution >= 4 is 41.8 Å². The van der Waals surface area contributed by atoms with Gasteiger partial charge in [0.2, 0.25) is 5.91 Å². The number of rotatable bonds is 10. The SMILES string of the molecule is CCOC(=O)CCCCCCNC(=NC)NC1CCN(C(=O)C(C)C)C1.I. The number of carbonyl (C=O) groups is 2. The first-order valence-corrected chi connectivity index (χ1v) is 9.89. The smallest absolute Gasteiger partial charge is 0.305 e. The summed E-state index contributed by atoms with van der Waals surface area (Å²) in [6.45, 7) is 8.57. The average molecular weight is 496 g/mol. The molecule has 0 bridgehead atoms. The molecule has 1 rings (SSSR count). The molecule has 0 saturated carbocycles. The summed E-state index contributed by atoms with van der Waals surface area (Å²) in [5.74, 6) is 0.965. The summed E-state index contributed by atoms with van der Waals surface area (Å²) in [5.41, 5.74) is 0. The average Bonchev–Trinajstić information content (AvgIpc) is 3.07. The minimum Gasteiger partial charge on any atom is -0.466 e. The molecule has 1 unspecified atom stereocenters. The van der Waals surface area contributed by atoms with Crippen LogP contribution >= 0.6 is 24.0 Å². The number of carbonyl (C=O) groups excluding carboxylic acids is 2. The fraction of sp³-hybridized carbons (Fsp3) is 0.842. The van der Waals surface area contributed by atoms with Gasteiger partial charge in [-0.1, -0.05) is 26.7 Å². The third-order valence-corrected chi connectivity index (χ3v) is 4.46. The Morgan fingerprint density at radius 1 is 1.22 bits per heavy atom. The predicted molar refractivity (Wildman–Crippen MR) is 119 cm³/mol. The van der Waals surface area contributed by atoms with Crippen molar-refractivity contribution in [2.75, 3.05) is 33.3 Å². The van der Waals surface area contributed by atoms with E-state index in [9.17, 15) is 9.59 Å². The van der Waals surface area contributed by atoms with E-state index < -0.39 is 0 Å². The third-order valence-electron chi connectivity index (χ3n) is 4.46. The number of hydrogen-bond donors (Lipinski definition) is 2. The van der Waals surface area contributed by atoms with Crippen LogP contribution in [-0.2, 0) is 14.3 Å². The molecule has 27 heavy (non-hydrogen) atoms. The van der Waals surface area contributed by atoms with Crippen molar-refractivity contribution in [3.8, 4) is 0 Å². The molecular weight excluding hydrogens is 459 g/mol. The van der Waals surface area contributed by atoms with Crippen molar-refractivity contribution in [2.45, 2.75) is 65.3 Å². The first-order valence-electron chi connectivity index (χ1n) is 9.89. The topological polar surface area (TPSA) is 83.0 Å². The van der Waals surface area contributed by atoms with E-state index in [1.807, 2.05) is 25.7 Å². The summed E-state index contributed by atoms with van der Waals surface area (Å²) in [6.07, 6.45) is 5.48. The molecular formula is C19H37IN4O3. The van der Waals surface area contributed by atoms with E-state index >= 15 is 0 Å². The van der Waals surface area contributed by atoms with Gasteiger partial charge in [0.15, 0.2) is 5.96 Å². The number of aliphatic imine (C=N–C) groups is 1. The Kier molecular flexibility index (Phi) is 14.3. The minimum atomic E-state index is -0.100. The Hall–Kier alpha value is -1.06. The second-order valence-corrected chi connectivity index (χ2v) is 7.04. The summed E-state index contributed by atoms with van der Waals surface area (Å²) in [5, 5.41) is 6.73. The summed E-state index contributed by atoms with van der Waals surface area (Å²) in [4.78, 5) is 29.5. The molecule has 1 atom stereocenters. The molecule has 0 spiro atoms. The van der Waals surface area contributed by atoms with Crippen LogP contribution in [0.25, 0.3) is 0 Å². The lowest BCUT2D eigenvalue weighted by molar-refractivity contribution is -0.143. The maximum absolute atomic E-state index is 12.0. The third kappa shape index (κ3) is 10.8.